The second kappa shape index (κ2) is 10.6. The molecule has 2 aliphatic rings. The molecule has 0 aromatic carbocycles. The molecule has 0 aliphatic heterocycles. The van der Waals surface area contributed by atoms with Crippen molar-refractivity contribution >= 4 is 5.97 Å². The first-order valence-electron chi connectivity index (χ1n) is 10.2. The number of aliphatic hydroxyl groups is 2. The van der Waals surface area contributed by atoms with Crippen molar-refractivity contribution in [3.63, 3.8) is 0 Å². The van der Waals surface area contributed by atoms with Crippen LogP contribution in [0.1, 0.15) is 65.2 Å². The Bertz CT molecular complexity index is 415. The molecule has 2 saturated carbocycles. The van der Waals surface area contributed by atoms with Gasteiger partial charge in [-0.25, -0.2) is 9.78 Å². The Hall–Kier alpha value is -0.690. The minimum atomic E-state index is -1.47. The highest BCUT2D eigenvalue weighted by Gasteiger charge is 2.42. The number of carbonyl (C=O) groups excluding carboxylic acids is 1. The maximum absolute atomic E-state index is 12.5. The van der Waals surface area contributed by atoms with Crippen LogP contribution < -0.4 is 0 Å². The first kappa shape index (κ1) is 21.6. The molecule has 2 atom stereocenters. The summed E-state index contributed by atoms with van der Waals surface area (Å²) >= 11 is 0. The largest absolute Gasteiger partial charge is 0.462 e. The van der Waals surface area contributed by atoms with Crippen molar-refractivity contribution in [2.75, 3.05) is 26.4 Å². The third-order valence-corrected chi connectivity index (χ3v) is 6.04. The molecule has 0 aromatic heterocycles. The van der Waals surface area contributed by atoms with Crippen LogP contribution >= 0.6 is 0 Å². The van der Waals surface area contributed by atoms with Gasteiger partial charge in [-0.05, 0) is 56.3 Å². The van der Waals surface area contributed by atoms with E-state index in [2.05, 4.69) is 13.8 Å². The van der Waals surface area contributed by atoms with E-state index in [1.807, 2.05) is 0 Å². The molecule has 0 heterocycles. The van der Waals surface area contributed by atoms with Gasteiger partial charge in [-0.3, -0.25) is 4.79 Å². The number of hydrogen-bond donors (Lipinski definition) is 2. The smallest absolute Gasteiger partial charge is 0.319 e. The highest BCUT2D eigenvalue weighted by atomic mass is 17.2. The van der Waals surface area contributed by atoms with E-state index in [1.54, 1.807) is 0 Å². The molecule has 26 heavy (non-hydrogen) atoms. The molecule has 0 amide bonds. The highest BCUT2D eigenvalue weighted by molar-refractivity contribution is 5.77. The second-order valence-electron chi connectivity index (χ2n) is 8.57. The molecule has 2 rings (SSSR count). The zero-order chi connectivity index (χ0) is 19.0. The summed E-state index contributed by atoms with van der Waals surface area (Å²) in [6, 6.07) is 0. The molecule has 2 unspecified atom stereocenters. The summed E-state index contributed by atoms with van der Waals surface area (Å²) in [6.07, 6.45) is 8.30. The van der Waals surface area contributed by atoms with Crippen LogP contribution in [0.5, 0.6) is 0 Å². The lowest BCUT2D eigenvalue weighted by molar-refractivity contribution is -0.320. The first-order valence-corrected chi connectivity index (χ1v) is 10.2. The predicted octanol–water partition coefficient (Wildman–Crippen LogP) is 2.85. The third kappa shape index (κ3) is 6.19. The zero-order valence-electron chi connectivity index (χ0n) is 16.3. The van der Waals surface area contributed by atoms with Gasteiger partial charge in [0.2, 0.25) is 0 Å². The number of hydrogen-bond acceptors (Lipinski definition) is 6. The quantitative estimate of drug-likeness (QED) is 0.280. The van der Waals surface area contributed by atoms with Crippen LogP contribution in [-0.2, 0) is 19.3 Å². The van der Waals surface area contributed by atoms with Gasteiger partial charge in [0, 0.05) is 0 Å². The number of aliphatic hydroxyl groups excluding tert-OH is 2. The molecule has 0 aromatic rings. The minimum absolute atomic E-state index is 0.138. The van der Waals surface area contributed by atoms with Gasteiger partial charge >= 0.3 is 5.97 Å². The fourth-order valence-corrected chi connectivity index (χ4v) is 3.96. The summed E-state index contributed by atoms with van der Waals surface area (Å²) < 4.78 is 5.55. The molecule has 0 bridgehead atoms. The van der Waals surface area contributed by atoms with Crippen molar-refractivity contribution < 1.29 is 29.5 Å². The lowest BCUT2D eigenvalue weighted by Crippen LogP contribution is -2.45. The molecule has 152 valence electrons. The van der Waals surface area contributed by atoms with Gasteiger partial charge in [-0.1, -0.05) is 26.7 Å². The van der Waals surface area contributed by atoms with Crippen molar-refractivity contribution in [2.45, 2.75) is 71.3 Å². The first-order chi connectivity index (χ1) is 12.5. The fraction of sp³-hybridized carbons (Fsp3) is 0.950. The van der Waals surface area contributed by atoms with Gasteiger partial charge in [0.25, 0.3) is 0 Å². The molecular weight excluding hydrogens is 336 g/mol. The second-order valence-corrected chi connectivity index (χ2v) is 8.57. The van der Waals surface area contributed by atoms with Gasteiger partial charge in [-0.15, -0.1) is 0 Å². The minimum Gasteiger partial charge on any atom is -0.462 e. The Morgan fingerprint density at radius 1 is 0.962 bits per heavy atom. The van der Waals surface area contributed by atoms with E-state index < -0.39 is 24.6 Å². The van der Waals surface area contributed by atoms with E-state index in [0.29, 0.717) is 24.4 Å². The summed E-state index contributed by atoms with van der Waals surface area (Å²) in [4.78, 5) is 23.1. The van der Waals surface area contributed by atoms with Gasteiger partial charge in [0.15, 0.2) is 0 Å². The molecule has 6 nitrogen and oxygen atoms in total. The topological polar surface area (TPSA) is 85.2 Å². The molecule has 0 spiro atoms. The average Bonchev–Trinajstić information content (AvgIpc) is 2.64. The van der Waals surface area contributed by atoms with Crippen molar-refractivity contribution in [3.8, 4) is 0 Å². The van der Waals surface area contributed by atoms with Crippen LogP contribution in [0, 0.1) is 23.2 Å². The predicted molar refractivity (Wildman–Crippen MR) is 97.1 cm³/mol. The Labute approximate surface area is 157 Å². The Morgan fingerprint density at radius 3 is 2.27 bits per heavy atom. The fourth-order valence-electron chi connectivity index (χ4n) is 3.96. The van der Waals surface area contributed by atoms with Crippen LogP contribution in [0.25, 0.3) is 0 Å². The standard InChI is InChI=1S/C20H36O6/c1-15-6-8-18(9-7-15)26-19(23)20(12-21,13-22)14-25-24-11-17-5-3-4-16(2)10-17/h15-18,21-22H,3-14H2,1-2H3. The number of rotatable bonds is 9. The normalized spacial score (nSPS) is 30.2. The van der Waals surface area contributed by atoms with Gasteiger partial charge in [0.1, 0.15) is 18.1 Å². The van der Waals surface area contributed by atoms with Crippen LogP contribution in [0.4, 0.5) is 0 Å². The molecule has 0 saturated heterocycles. The van der Waals surface area contributed by atoms with E-state index in [0.717, 1.165) is 38.5 Å². The summed E-state index contributed by atoms with van der Waals surface area (Å²) in [7, 11) is 0. The molecule has 2 N–H and O–H groups in total. The van der Waals surface area contributed by atoms with Crippen LogP contribution in [0.3, 0.4) is 0 Å². The molecule has 2 fully saturated rings. The van der Waals surface area contributed by atoms with E-state index in [4.69, 9.17) is 14.5 Å². The Kier molecular flexibility index (Phi) is 8.80. The number of carbonyl (C=O) groups is 1. The number of esters is 1. The van der Waals surface area contributed by atoms with Gasteiger partial charge in [-0.2, -0.15) is 0 Å². The highest BCUT2D eigenvalue weighted by Crippen LogP contribution is 2.30. The van der Waals surface area contributed by atoms with Gasteiger partial charge < -0.3 is 14.9 Å². The van der Waals surface area contributed by atoms with Crippen LogP contribution in [-0.4, -0.2) is 48.7 Å². The summed E-state index contributed by atoms with van der Waals surface area (Å²) in [5, 5.41) is 19.4. The van der Waals surface area contributed by atoms with Crippen molar-refractivity contribution in [3.05, 3.63) is 0 Å². The third-order valence-electron chi connectivity index (χ3n) is 6.04. The molecule has 2 aliphatic carbocycles. The number of ether oxygens (including phenoxy) is 1. The van der Waals surface area contributed by atoms with Crippen molar-refractivity contribution in [1.29, 1.82) is 0 Å². The van der Waals surface area contributed by atoms with E-state index in [9.17, 15) is 15.0 Å². The lowest BCUT2D eigenvalue weighted by Gasteiger charge is -2.32. The maximum Gasteiger partial charge on any atom is 0.319 e. The zero-order valence-corrected chi connectivity index (χ0v) is 16.3. The van der Waals surface area contributed by atoms with Crippen molar-refractivity contribution in [1.82, 2.24) is 0 Å². The summed E-state index contributed by atoms with van der Waals surface area (Å²) in [6.45, 7) is 3.65. The lowest BCUT2D eigenvalue weighted by atomic mass is 9.83. The maximum atomic E-state index is 12.5. The Balaban J connectivity index is 1.76. The van der Waals surface area contributed by atoms with Crippen LogP contribution in [0.2, 0.25) is 0 Å². The molecular formula is C20H36O6. The van der Waals surface area contributed by atoms with Crippen LogP contribution in [0.15, 0.2) is 0 Å². The molecule has 0 radical (unpaired) electrons. The monoisotopic (exact) mass is 372 g/mol. The average molecular weight is 373 g/mol. The van der Waals surface area contributed by atoms with E-state index in [1.165, 1.54) is 12.8 Å². The van der Waals surface area contributed by atoms with Gasteiger partial charge in [0.05, 0.1) is 19.8 Å². The summed E-state index contributed by atoms with van der Waals surface area (Å²) in [5.74, 6) is 1.23. The van der Waals surface area contributed by atoms with E-state index >= 15 is 0 Å². The Morgan fingerprint density at radius 2 is 1.65 bits per heavy atom. The summed E-state index contributed by atoms with van der Waals surface area (Å²) in [5.41, 5.74) is -1.47. The molecule has 6 heteroatoms. The van der Waals surface area contributed by atoms with Crippen molar-refractivity contribution in [2.24, 2.45) is 23.2 Å². The SMILES string of the molecule is CC1CCC(OC(=O)C(CO)(CO)COOCC2CCCC(C)C2)CC1. The van der Waals surface area contributed by atoms with E-state index in [-0.39, 0.29) is 12.7 Å².